The molecule has 140 valence electrons. The molecule has 3 rings (SSSR count). The molecule has 5 nitrogen and oxygen atoms in total. The van der Waals surface area contributed by atoms with Crippen LogP contribution in [0.5, 0.6) is 5.75 Å². The number of piperazine rings is 1. The van der Waals surface area contributed by atoms with Gasteiger partial charge in [0.25, 0.3) is 0 Å². The van der Waals surface area contributed by atoms with Crippen LogP contribution in [0.15, 0.2) is 47.4 Å². The van der Waals surface area contributed by atoms with Crippen molar-refractivity contribution in [2.24, 2.45) is 0 Å². The van der Waals surface area contributed by atoms with Crippen molar-refractivity contribution in [3.05, 3.63) is 53.8 Å². The highest BCUT2D eigenvalue weighted by molar-refractivity contribution is 7.89. The third kappa shape index (κ3) is 3.68. The molecule has 0 radical (unpaired) electrons. The molecule has 2 aromatic carbocycles. The molecule has 0 aliphatic carbocycles. The van der Waals surface area contributed by atoms with Crippen molar-refractivity contribution in [1.29, 1.82) is 0 Å². The fourth-order valence-corrected chi connectivity index (χ4v) is 4.83. The molecule has 0 spiro atoms. The Morgan fingerprint density at radius 2 is 1.77 bits per heavy atom. The molecule has 1 saturated heterocycles. The molecule has 26 heavy (non-hydrogen) atoms. The summed E-state index contributed by atoms with van der Waals surface area (Å²) in [5, 5.41) is 0. The topological polar surface area (TPSA) is 49.9 Å². The van der Waals surface area contributed by atoms with Gasteiger partial charge in [0.15, 0.2) is 0 Å². The molecule has 1 aliphatic heterocycles. The standard InChI is InChI=1S/C19H23FN2O3S/c1-3-25-18-7-5-4-6-17(18)21-10-12-22(13-11-21)26(23,24)19-9-8-16(20)14-15(19)2/h4-9,14H,3,10-13H2,1-2H3. The Morgan fingerprint density at radius 3 is 2.42 bits per heavy atom. The number of anilines is 1. The zero-order valence-electron chi connectivity index (χ0n) is 15.0. The second-order valence-electron chi connectivity index (χ2n) is 6.20. The van der Waals surface area contributed by atoms with E-state index in [-0.39, 0.29) is 4.90 Å². The van der Waals surface area contributed by atoms with E-state index in [2.05, 4.69) is 4.90 Å². The third-order valence-electron chi connectivity index (χ3n) is 4.50. The van der Waals surface area contributed by atoms with Crippen LogP contribution < -0.4 is 9.64 Å². The van der Waals surface area contributed by atoms with Gasteiger partial charge in [-0.1, -0.05) is 12.1 Å². The van der Waals surface area contributed by atoms with Crippen molar-refractivity contribution >= 4 is 15.7 Å². The number of rotatable bonds is 5. The number of para-hydroxylation sites is 2. The van der Waals surface area contributed by atoms with Gasteiger partial charge in [0.1, 0.15) is 11.6 Å². The highest BCUT2D eigenvalue weighted by Gasteiger charge is 2.30. The van der Waals surface area contributed by atoms with E-state index >= 15 is 0 Å². The van der Waals surface area contributed by atoms with Crippen molar-refractivity contribution in [2.75, 3.05) is 37.7 Å². The van der Waals surface area contributed by atoms with Gasteiger partial charge in [0.2, 0.25) is 10.0 Å². The molecule has 0 saturated carbocycles. The van der Waals surface area contributed by atoms with Gasteiger partial charge in [-0.15, -0.1) is 0 Å². The maximum Gasteiger partial charge on any atom is 0.243 e. The fourth-order valence-electron chi connectivity index (χ4n) is 3.21. The average molecular weight is 378 g/mol. The summed E-state index contributed by atoms with van der Waals surface area (Å²) in [6, 6.07) is 11.6. The molecule has 0 bridgehead atoms. The van der Waals surface area contributed by atoms with Crippen molar-refractivity contribution in [2.45, 2.75) is 18.7 Å². The Bertz CT molecular complexity index is 878. The number of nitrogens with zero attached hydrogens (tertiary/aromatic N) is 2. The van der Waals surface area contributed by atoms with Gasteiger partial charge in [0, 0.05) is 26.2 Å². The van der Waals surface area contributed by atoms with E-state index in [0.29, 0.717) is 38.3 Å². The summed E-state index contributed by atoms with van der Waals surface area (Å²) in [5.74, 6) is 0.375. The van der Waals surface area contributed by atoms with Crippen LogP contribution in [-0.4, -0.2) is 45.5 Å². The van der Waals surface area contributed by atoms with Crippen LogP contribution in [0.25, 0.3) is 0 Å². The van der Waals surface area contributed by atoms with Crippen molar-refractivity contribution in [3.8, 4) is 5.75 Å². The minimum atomic E-state index is -3.63. The second kappa shape index (κ2) is 7.63. The predicted octanol–water partition coefficient (Wildman–Crippen LogP) is 3.04. The van der Waals surface area contributed by atoms with Crippen LogP contribution in [0.2, 0.25) is 0 Å². The first-order valence-corrected chi connectivity index (χ1v) is 10.1. The van der Waals surface area contributed by atoms with E-state index in [0.717, 1.165) is 11.4 Å². The van der Waals surface area contributed by atoms with E-state index in [1.165, 1.54) is 22.5 Å². The summed E-state index contributed by atoms with van der Waals surface area (Å²) >= 11 is 0. The molecular weight excluding hydrogens is 355 g/mol. The van der Waals surface area contributed by atoms with Crippen molar-refractivity contribution in [1.82, 2.24) is 4.31 Å². The molecule has 1 heterocycles. The van der Waals surface area contributed by atoms with Gasteiger partial charge in [-0.25, -0.2) is 12.8 Å². The van der Waals surface area contributed by atoms with Crippen LogP contribution in [0.4, 0.5) is 10.1 Å². The fraction of sp³-hybridized carbons (Fsp3) is 0.368. The first kappa shape index (κ1) is 18.7. The Hall–Kier alpha value is -2.12. The lowest BCUT2D eigenvalue weighted by Gasteiger charge is -2.36. The number of aryl methyl sites for hydroxylation is 1. The van der Waals surface area contributed by atoms with E-state index in [1.807, 2.05) is 31.2 Å². The number of hydrogen-bond acceptors (Lipinski definition) is 4. The molecule has 0 N–H and O–H groups in total. The lowest BCUT2D eigenvalue weighted by molar-refractivity contribution is 0.337. The van der Waals surface area contributed by atoms with Gasteiger partial charge in [-0.2, -0.15) is 4.31 Å². The molecule has 1 fully saturated rings. The molecule has 7 heteroatoms. The number of halogens is 1. The minimum absolute atomic E-state index is 0.169. The number of hydrogen-bond donors (Lipinski definition) is 0. The van der Waals surface area contributed by atoms with Gasteiger partial charge >= 0.3 is 0 Å². The summed E-state index contributed by atoms with van der Waals surface area (Å²) in [5.41, 5.74) is 1.40. The maximum absolute atomic E-state index is 13.3. The monoisotopic (exact) mass is 378 g/mol. The Kier molecular flexibility index (Phi) is 5.48. The Labute approximate surface area is 154 Å². The summed E-state index contributed by atoms with van der Waals surface area (Å²) in [6.45, 7) is 6.03. The average Bonchev–Trinajstić information content (AvgIpc) is 2.62. The Balaban J connectivity index is 1.76. The smallest absolute Gasteiger partial charge is 0.243 e. The zero-order valence-corrected chi connectivity index (χ0v) is 15.8. The van der Waals surface area contributed by atoms with Gasteiger partial charge in [-0.3, -0.25) is 0 Å². The number of benzene rings is 2. The molecule has 0 atom stereocenters. The highest BCUT2D eigenvalue weighted by Crippen LogP contribution is 2.30. The summed E-state index contributed by atoms with van der Waals surface area (Å²) < 4.78 is 46.2. The predicted molar refractivity (Wildman–Crippen MR) is 99.7 cm³/mol. The van der Waals surface area contributed by atoms with Gasteiger partial charge < -0.3 is 9.64 Å². The lowest BCUT2D eigenvalue weighted by atomic mass is 10.2. The molecule has 0 aromatic heterocycles. The zero-order chi connectivity index (χ0) is 18.7. The maximum atomic E-state index is 13.3. The molecule has 2 aromatic rings. The van der Waals surface area contributed by atoms with Crippen LogP contribution in [0, 0.1) is 12.7 Å². The van der Waals surface area contributed by atoms with Crippen LogP contribution in [0.1, 0.15) is 12.5 Å². The normalized spacial score (nSPS) is 15.9. The quantitative estimate of drug-likeness (QED) is 0.802. The molecule has 0 amide bonds. The first-order chi connectivity index (χ1) is 12.4. The van der Waals surface area contributed by atoms with Gasteiger partial charge in [0.05, 0.1) is 17.2 Å². The van der Waals surface area contributed by atoms with Crippen molar-refractivity contribution in [3.63, 3.8) is 0 Å². The summed E-state index contributed by atoms with van der Waals surface area (Å²) in [6.07, 6.45) is 0. The number of sulfonamides is 1. The SMILES string of the molecule is CCOc1ccccc1N1CCN(S(=O)(=O)c2ccc(F)cc2C)CC1. The van der Waals surface area contributed by atoms with E-state index < -0.39 is 15.8 Å². The minimum Gasteiger partial charge on any atom is -0.492 e. The highest BCUT2D eigenvalue weighted by atomic mass is 32.2. The first-order valence-electron chi connectivity index (χ1n) is 8.66. The molecule has 0 unspecified atom stereocenters. The van der Waals surface area contributed by atoms with Gasteiger partial charge in [-0.05, 0) is 49.7 Å². The summed E-state index contributed by atoms with van der Waals surface area (Å²) in [4.78, 5) is 2.30. The summed E-state index contributed by atoms with van der Waals surface area (Å²) in [7, 11) is -3.63. The molecule has 1 aliphatic rings. The number of ether oxygens (including phenoxy) is 1. The van der Waals surface area contributed by atoms with Crippen LogP contribution >= 0.6 is 0 Å². The Morgan fingerprint density at radius 1 is 1.08 bits per heavy atom. The van der Waals surface area contributed by atoms with E-state index in [4.69, 9.17) is 4.74 Å². The second-order valence-corrected chi connectivity index (χ2v) is 8.11. The van der Waals surface area contributed by atoms with E-state index in [1.54, 1.807) is 6.92 Å². The van der Waals surface area contributed by atoms with Crippen molar-refractivity contribution < 1.29 is 17.5 Å². The third-order valence-corrected chi connectivity index (χ3v) is 6.56. The molecular formula is C19H23FN2O3S. The van der Waals surface area contributed by atoms with Crippen LogP contribution in [0.3, 0.4) is 0 Å². The van der Waals surface area contributed by atoms with E-state index in [9.17, 15) is 12.8 Å². The lowest BCUT2D eigenvalue weighted by Crippen LogP contribution is -2.48. The largest absolute Gasteiger partial charge is 0.492 e. The van der Waals surface area contributed by atoms with Crippen LogP contribution in [-0.2, 0) is 10.0 Å².